The van der Waals surface area contributed by atoms with Crippen molar-refractivity contribution in [3.05, 3.63) is 104 Å². The first-order valence-electron chi connectivity index (χ1n) is 13.1. The number of rotatable bonds is 8. The molecule has 0 heterocycles. The molecular formula is C33H36O6. The summed E-state index contributed by atoms with van der Waals surface area (Å²) in [7, 11) is 0. The number of aryl methyl sites for hydroxylation is 6. The van der Waals surface area contributed by atoms with Crippen LogP contribution in [0, 0.1) is 27.7 Å². The van der Waals surface area contributed by atoms with E-state index in [1.807, 2.05) is 52.0 Å². The van der Waals surface area contributed by atoms with E-state index >= 15 is 0 Å². The van der Waals surface area contributed by atoms with Crippen LogP contribution in [0.1, 0.15) is 62.1 Å². The van der Waals surface area contributed by atoms with Crippen LogP contribution in [0.5, 0.6) is 34.5 Å². The molecule has 204 valence electrons. The minimum Gasteiger partial charge on any atom is -0.508 e. The average molecular weight is 529 g/mol. The predicted molar refractivity (Wildman–Crippen MR) is 152 cm³/mol. The van der Waals surface area contributed by atoms with Crippen molar-refractivity contribution in [2.75, 3.05) is 0 Å². The fourth-order valence-corrected chi connectivity index (χ4v) is 5.34. The van der Waals surface area contributed by atoms with Gasteiger partial charge in [-0.2, -0.15) is 0 Å². The maximum absolute atomic E-state index is 11.0. The van der Waals surface area contributed by atoms with Crippen LogP contribution >= 0.6 is 0 Å². The highest BCUT2D eigenvalue weighted by molar-refractivity contribution is 5.52. The molecule has 0 saturated carbocycles. The minimum absolute atomic E-state index is 0.0620. The second-order valence-electron chi connectivity index (χ2n) is 10.6. The first kappa shape index (κ1) is 27.7. The van der Waals surface area contributed by atoms with Crippen molar-refractivity contribution >= 4 is 0 Å². The van der Waals surface area contributed by atoms with Crippen molar-refractivity contribution in [1.82, 2.24) is 0 Å². The minimum atomic E-state index is 0.0620. The maximum atomic E-state index is 11.0. The molecule has 0 saturated heterocycles. The van der Waals surface area contributed by atoms with Gasteiger partial charge in [-0.05, 0) is 116 Å². The van der Waals surface area contributed by atoms with E-state index in [1.54, 1.807) is 24.3 Å². The fourth-order valence-electron chi connectivity index (χ4n) is 5.34. The highest BCUT2D eigenvalue weighted by Gasteiger charge is 2.15. The van der Waals surface area contributed by atoms with Gasteiger partial charge in [0.15, 0.2) is 0 Å². The smallest absolute Gasteiger partial charge is 0.122 e. The highest BCUT2D eigenvalue weighted by Crippen LogP contribution is 2.35. The molecule has 6 heteroatoms. The van der Waals surface area contributed by atoms with E-state index in [4.69, 9.17) is 0 Å². The van der Waals surface area contributed by atoms with E-state index in [0.29, 0.717) is 54.4 Å². The number of aromatic hydroxyl groups is 6. The summed E-state index contributed by atoms with van der Waals surface area (Å²) >= 11 is 0. The van der Waals surface area contributed by atoms with Crippen LogP contribution in [-0.2, 0) is 25.7 Å². The molecule has 0 amide bonds. The summed E-state index contributed by atoms with van der Waals surface area (Å²) < 4.78 is 0. The highest BCUT2D eigenvalue weighted by atomic mass is 16.3. The van der Waals surface area contributed by atoms with Crippen LogP contribution in [0.25, 0.3) is 0 Å². The lowest BCUT2D eigenvalue weighted by molar-refractivity contribution is 0.444. The molecule has 39 heavy (non-hydrogen) atoms. The monoisotopic (exact) mass is 528 g/mol. The Morgan fingerprint density at radius 3 is 1.05 bits per heavy atom. The lowest BCUT2D eigenvalue weighted by atomic mass is 9.94. The maximum Gasteiger partial charge on any atom is 0.122 e. The zero-order chi connectivity index (χ0) is 28.4. The van der Waals surface area contributed by atoms with Gasteiger partial charge in [-0.1, -0.05) is 24.3 Å². The normalized spacial score (nSPS) is 11.2. The molecule has 0 radical (unpaired) electrons. The summed E-state index contributed by atoms with van der Waals surface area (Å²) in [6, 6.07) is 13.7. The van der Waals surface area contributed by atoms with Gasteiger partial charge in [0.2, 0.25) is 0 Å². The van der Waals surface area contributed by atoms with E-state index in [9.17, 15) is 30.6 Å². The molecule has 0 aliphatic carbocycles. The zero-order valence-electron chi connectivity index (χ0n) is 22.8. The Labute approximate surface area is 229 Å². The third kappa shape index (κ3) is 6.23. The Morgan fingerprint density at radius 1 is 0.410 bits per heavy atom. The van der Waals surface area contributed by atoms with Gasteiger partial charge in [-0.3, -0.25) is 0 Å². The van der Waals surface area contributed by atoms with Gasteiger partial charge in [-0.25, -0.2) is 0 Å². The molecule has 0 aromatic heterocycles. The number of phenols is 6. The third-order valence-corrected chi connectivity index (χ3v) is 7.29. The Kier molecular flexibility index (Phi) is 7.95. The second-order valence-corrected chi connectivity index (χ2v) is 10.6. The predicted octanol–water partition coefficient (Wildman–Crippen LogP) is 6.51. The van der Waals surface area contributed by atoms with Gasteiger partial charge >= 0.3 is 0 Å². The van der Waals surface area contributed by atoms with Crippen LogP contribution in [0.15, 0.2) is 48.5 Å². The summed E-state index contributed by atoms with van der Waals surface area (Å²) in [4.78, 5) is 0. The average Bonchev–Trinajstić information content (AvgIpc) is 2.86. The van der Waals surface area contributed by atoms with Gasteiger partial charge in [-0.15, -0.1) is 0 Å². The second kappa shape index (κ2) is 11.2. The molecule has 0 aliphatic heterocycles. The van der Waals surface area contributed by atoms with Gasteiger partial charge in [0.05, 0.1) is 0 Å². The lowest BCUT2D eigenvalue weighted by Crippen LogP contribution is -1.98. The molecule has 0 aliphatic rings. The Hall–Kier alpha value is -4.32. The van der Waals surface area contributed by atoms with Crippen molar-refractivity contribution in [2.24, 2.45) is 0 Å². The number of phenolic OH excluding ortho intramolecular Hbond substituents is 6. The quantitative estimate of drug-likeness (QED) is 0.145. The largest absolute Gasteiger partial charge is 0.508 e. The Morgan fingerprint density at radius 2 is 0.718 bits per heavy atom. The summed E-state index contributed by atoms with van der Waals surface area (Å²) in [5.74, 6) is 0.876. The molecule has 6 N–H and O–H groups in total. The van der Waals surface area contributed by atoms with Crippen molar-refractivity contribution in [3.63, 3.8) is 0 Å². The molecule has 0 unspecified atom stereocenters. The number of hydrogen-bond acceptors (Lipinski definition) is 6. The molecule has 0 bridgehead atoms. The topological polar surface area (TPSA) is 121 Å². The molecule has 0 spiro atoms. The Balaban J connectivity index is 1.50. The van der Waals surface area contributed by atoms with Gasteiger partial charge in [0.25, 0.3) is 0 Å². The van der Waals surface area contributed by atoms with Crippen LogP contribution in [-0.4, -0.2) is 30.6 Å². The molecule has 0 fully saturated rings. The lowest BCUT2D eigenvalue weighted by Gasteiger charge is -2.14. The first-order valence-corrected chi connectivity index (χ1v) is 13.1. The van der Waals surface area contributed by atoms with E-state index in [2.05, 4.69) is 0 Å². The molecule has 4 aromatic carbocycles. The first-order chi connectivity index (χ1) is 18.4. The molecule has 4 aromatic rings. The van der Waals surface area contributed by atoms with E-state index in [1.165, 1.54) is 0 Å². The summed E-state index contributed by atoms with van der Waals surface area (Å²) in [5.41, 5.74) is 7.26. The summed E-state index contributed by atoms with van der Waals surface area (Å²) in [6.07, 6.45) is 2.30. The number of benzene rings is 4. The fraction of sp³-hybridized carbons (Fsp3) is 0.273. The number of hydrogen-bond donors (Lipinski definition) is 6. The summed E-state index contributed by atoms with van der Waals surface area (Å²) in [6.45, 7) is 7.31. The van der Waals surface area contributed by atoms with Crippen LogP contribution in [0.3, 0.4) is 0 Å². The van der Waals surface area contributed by atoms with Crippen LogP contribution in [0.4, 0.5) is 0 Å². The molecule has 6 nitrogen and oxygen atoms in total. The Bertz CT molecular complexity index is 1380. The van der Waals surface area contributed by atoms with Crippen LogP contribution in [0.2, 0.25) is 0 Å². The van der Waals surface area contributed by atoms with Gasteiger partial charge in [0, 0.05) is 24.0 Å². The van der Waals surface area contributed by atoms with Gasteiger partial charge < -0.3 is 30.6 Å². The third-order valence-electron chi connectivity index (χ3n) is 7.29. The van der Waals surface area contributed by atoms with Crippen LogP contribution < -0.4 is 0 Å². The van der Waals surface area contributed by atoms with Gasteiger partial charge in [0.1, 0.15) is 34.5 Å². The van der Waals surface area contributed by atoms with E-state index in [-0.39, 0.29) is 34.5 Å². The van der Waals surface area contributed by atoms with Crippen molar-refractivity contribution in [1.29, 1.82) is 0 Å². The van der Waals surface area contributed by atoms with Crippen molar-refractivity contribution < 1.29 is 30.6 Å². The van der Waals surface area contributed by atoms with Crippen molar-refractivity contribution in [2.45, 2.75) is 59.8 Å². The molecule has 4 rings (SSSR count). The SMILES string of the molecule is Cc1cc(Cc2cc(O)cc(CCCc3cc(O)cc(Cc4cc(C)c(O)c(C)c4)c3O)c2O)cc(C)c1O. The zero-order valence-corrected chi connectivity index (χ0v) is 22.8. The standard InChI is InChI=1S/C33H36O6/c1-18-8-22(9-19(2)30(18)36)12-26-16-28(34)14-24(32(26)38)6-5-7-25-15-29(35)17-27(33(25)39)13-23-10-20(3)31(37)21(4)11-23/h8-11,14-17,34-39H,5-7,12-13H2,1-4H3. The molecular weight excluding hydrogens is 492 g/mol. The molecule has 0 atom stereocenters. The van der Waals surface area contributed by atoms with E-state index in [0.717, 1.165) is 33.4 Å². The van der Waals surface area contributed by atoms with Crippen molar-refractivity contribution in [3.8, 4) is 34.5 Å². The van der Waals surface area contributed by atoms with E-state index < -0.39 is 0 Å². The summed E-state index contributed by atoms with van der Waals surface area (Å²) in [5, 5.41) is 62.7.